The van der Waals surface area contributed by atoms with Crippen molar-refractivity contribution in [3.05, 3.63) is 87.5 Å². The summed E-state index contributed by atoms with van der Waals surface area (Å²) in [5.74, 6) is -5.56. The van der Waals surface area contributed by atoms with Gasteiger partial charge in [0.2, 0.25) is 0 Å². The molecule has 0 aliphatic rings. The van der Waals surface area contributed by atoms with Gasteiger partial charge in [-0.05, 0) is 49.6 Å². The number of halogens is 5. The molecule has 14 heteroatoms. The Morgan fingerprint density at radius 2 is 1.72 bits per heavy atom. The number of anilines is 2. The van der Waals surface area contributed by atoms with Crippen molar-refractivity contribution in [2.24, 2.45) is 7.05 Å². The lowest BCUT2D eigenvalue weighted by molar-refractivity contribution is -0.143. The van der Waals surface area contributed by atoms with Gasteiger partial charge in [-0.2, -0.15) is 13.2 Å². The van der Waals surface area contributed by atoms with Gasteiger partial charge in [0.1, 0.15) is 29.8 Å². The standard InChI is InChI=1S/C19H21N3O.C13H13F5N2O3/c1-12-8-9-15(18-14(12)7-6-10-20-18)17-13(2)16(21(3)4)11-22(5)19(17)23;1-2-9(13(16,17)18)20-6-3-7(14)11(8(15)4-6)12(23)19-5-10(21)22/h6-11H,1-5H3;3-4,9,20H,2,5H2,1H3,(H,19,23)(H,21,22). The number of hydrogen-bond acceptors (Lipinski definition) is 6. The fourth-order valence-electron chi connectivity index (χ4n) is 4.82. The van der Waals surface area contributed by atoms with Crippen LogP contribution >= 0.6 is 0 Å². The zero-order chi connectivity index (χ0) is 34.5. The molecule has 0 saturated heterocycles. The number of alkyl halides is 3. The average molecular weight is 648 g/mol. The molecule has 4 rings (SSSR count). The quantitative estimate of drug-likeness (QED) is 0.207. The summed E-state index contributed by atoms with van der Waals surface area (Å²) in [6, 6.07) is 7.11. The van der Waals surface area contributed by atoms with Crippen LogP contribution in [0.3, 0.4) is 0 Å². The fourth-order valence-corrected chi connectivity index (χ4v) is 4.82. The molecule has 0 spiro atoms. The van der Waals surface area contributed by atoms with Crippen molar-refractivity contribution in [3.63, 3.8) is 0 Å². The highest BCUT2D eigenvalue weighted by molar-refractivity contribution is 5.97. The van der Waals surface area contributed by atoms with E-state index in [9.17, 15) is 36.3 Å². The third-order valence-corrected chi connectivity index (χ3v) is 7.16. The Hall–Kier alpha value is -5.01. The van der Waals surface area contributed by atoms with E-state index in [-0.39, 0.29) is 12.0 Å². The van der Waals surface area contributed by atoms with Crippen molar-refractivity contribution < 1.29 is 36.6 Å². The summed E-state index contributed by atoms with van der Waals surface area (Å²) >= 11 is 0. The van der Waals surface area contributed by atoms with Gasteiger partial charge in [0.15, 0.2) is 0 Å². The Morgan fingerprint density at radius 3 is 2.26 bits per heavy atom. The molecule has 3 N–H and O–H groups in total. The minimum Gasteiger partial charge on any atom is -0.480 e. The van der Waals surface area contributed by atoms with E-state index in [4.69, 9.17) is 5.11 Å². The van der Waals surface area contributed by atoms with E-state index in [0.29, 0.717) is 12.1 Å². The van der Waals surface area contributed by atoms with Crippen molar-refractivity contribution in [1.82, 2.24) is 14.9 Å². The number of carbonyl (C=O) groups is 2. The zero-order valence-corrected chi connectivity index (χ0v) is 26.0. The number of benzene rings is 2. The number of aliphatic carboxylic acids is 1. The molecule has 0 bridgehead atoms. The second-order valence-corrected chi connectivity index (χ2v) is 10.7. The number of hydrogen-bond donors (Lipinski definition) is 3. The average Bonchev–Trinajstić information content (AvgIpc) is 2.97. The number of carboxylic acid groups (broad SMARTS) is 1. The lowest BCUT2D eigenvalue weighted by atomic mass is 9.96. The van der Waals surface area contributed by atoms with Gasteiger partial charge in [-0.15, -0.1) is 0 Å². The predicted octanol–water partition coefficient (Wildman–Crippen LogP) is 5.82. The molecule has 0 saturated carbocycles. The molecule has 1 atom stereocenters. The van der Waals surface area contributed by atoms with Crippen LogP contribution in [0.15, 0.2) is 53.6 Å². The molecule has 0 fully saturated rings. The smallest absolute Gasteiger partial charge is 0.408 e. The maximum absolute atomic E-state index is 13.8. The number of pyridine rings is 2. The summed E-state index contributed by atoms with van der Waals surface area (Å²) in [6.45, 7) is 4.45. The Kier molecular flexibility index (Phi) is 11.1. The van der Waals surface area contributed by atoms with Crippen LogP contribution in [0.5, 0.6) is 0 Å². The van der Waals surface area contributed by atoms with Crippen LogP contribution in [-0.4, -0.2) is 59.4 Å². The molecule has 2 aromatic heterocycles. The van der Waals surface area contributed by atoms with Crippen molar-refractivity contribution in [1.29, 1.82) is 0 Å². The number of fused-ring (bicyclic) bond motifs is 1. The van der Waals surface area contributed by atoms with Crippen LogP contribution in [0.2, 0.25) is 0 Å². The second-order valence-electron chi connectivity index (χ2n) is 10.7. The number of rotatable bonds is 8. The zero-order valence-electron chi connectivity index (χ0n) is 26.0. The highest BCUT2D eigenvalue weighted by Crippen LogP contribution is 2.32. The number of carboxylic acids is 1. The molecule has 1 amide bonds. The van der Waals surface area contributed by atoms with Gasteiger partial charge in [0, 0.05) is 50.2 Å². The first-order chi connectivity index (χ1) is 21.5. The van der Waals surface area contributed by atoms with E-state index < -0.39 is 53.5 Å². The molecule has 2 aromatic carbocycles. The van der Waals surface area contributed by atoms with E-state index in [1.807, 2.05) is 49.6 Å². The Labute approximate surface area is 261 Å². The van der Waals surface area contributed by atoms with Crippen molar-refractivity contribution in [3.8, 4) is 11.1 Å². The first-order valence-corrected chi connectivity index (χ1v) is 14.0. The monoisotopic (exact) mass is 647 g/mol. The van der Waals surface area contributed by atoms with Crippen molar-refractivity contribution >= 4 is 34.2 Å². The maximum atomic E-state index is 13.8. The summed E-state index contributed by atoms with van der Waals surface area (Å²) in [4.78, 5) is 41.2. The maximum Gasteiger partial charge on any atom is 0.408 e. The molecule has 0 aliphatic carbocycles. The number of aryl methyl sites for hydroxylation is 2. The molecule has 46 heavy (non-hydrogen) atoms. The summed E-state index contributed by atoms with van der Waals surface area (Å²) in [5, 5.41) is 13.2. The van der Waals surface area contributed by atoms with Crippen molar-refractivity contribution in [2.45, 2.75) is 39.4 Å². The second kappa shape index (κ2) is 14.4. The molecule has 2 heterocycles. The third kappa shape index (κ3) is 7.98. The SMILES string of the molecule is CCC(Nc1cc(F)c(C(=O)NCC(=O)O)c(F)c1)C(F)(F)F.Cc1c(N(C)C)cn(C)c(=O)c1-c1ccc(C)c2cccnc12. The number of aromatic nitrogens is 2. The van der Waals surface area contributed by atoms with E-state index in [1.165, 1.54) is 6.92 Å². The first kappa shape index (κ1) is 35.5. The van der Waals surface area contributed by atoms with Crippen LogP contribution < -0.4 is 21.1 Å². The Morgan fingerprint density at radius 1 is 1.09 bits per heavy atom. The van der Waals surface area contributed by atoms with E-state index in [0.717, 1.165) is 38.8 Å². The summed E-state index contributed by atoms with van der Waals surface area (Å²) in [6.07, 6.45) is -1.32. The van der Waals surface area contributed by atoms with Crippen LogP contribution in [-0.2, 0) is 11.8 Å². The van der Waals surface area contributed by atoms with Crippen molar-refractivity contribution in [2.75, 3.05) is 30.9 Å². The fraction of sp³-hybridized carbons (Fsp3) is 0.312. The molecule has 1 unspecified atom stereocenters. The topological polar surface area (TPSA) is 117 Å². The molecule has 0 aliphatic heterocycles. The number of carbonyl (C=O) groups excluding carboxylic acids is 1. The van der Waals surface area contributed by atoms with Gasteiger partial charge in [-0.1, -0.05) is 25.1 Å². The Balaban J connectivity index is 0.000000250. The Bertz CT molecular complexity index is 1800. The summed E-state index contributed by atoms with van der Waals surface area (Å²) < 4.78 is 67.0. The van der Waals surface area contributed by atoms with Gasteiger partial charge < -0.3 is 25.2 Å². The minimum atomic E-state index is -4.61. The van der Waals surface area contributed by atoms with E-state index >= 15 is 0 Å². The molecule has 4 aromatic rings. The van der Waals surface area contributed by atoms with Crippen LogP contribution in [0.4, 0.5) is 33.3 Å². The molecular weight excluding hydrogens is 613 g/mol. The van der Waals surface area contributed by atoms with Crippen LogP contribution in [0, 0.1) is 25.5 Å². The van der Waals surface area contributed by atoms with Crippen LogP contribution in [0.25, 0.3) is 22.0 Å². The lowest BCUT2D eigenvalue weighted by Crippen LogP contribution is -2.35. The van der Waals surface area contributed by atoms with Gasteiger partial charge >= 0.3 is 12.1 Å². The van der Waals surface area contributed by atoms with E-state index in [2.05, 4.69) is 24.0 Å². The number of nitrogens with one attached hydrogen (secondary N) is 2. The summed E-state index contributed by atoms with van der Waals surface area (Å²) in [7, 11) is 5.77. The predicted molar refractivity (Wildman–Crippen MR) is 166 cm³/mol. The highest BCUT2D eigenvalue weighted by Gasteiger charge is 2.38. The number of nitrogens with zero attached hydrogens (tertiary/aromatic N) is 3. The van der Waals surface area contributed by atoms with Gasteiger partial charge in [0.05, 0.1) is 16.8 Å². The largest absolute Gasteiger partial charge is 0.480 e. The van der Waals surface area contributed by atoms with Gasteiger partial charge in [0.25, 0.3) is 11.5 Å². The lowest BCUT2D eigenvalue weighted by Gasteiger charge is -2.21. The molecule has 0 radical (unpaired) electrons. The van der Waals surface area contributed by atoms with Gasteiger partial charge in [-0.25, -0.2) is 8.78 Å². The first-order valence-electron chi connectivity index (χ1n) is 14.0. The minimum absolute atomic E-state index is 0.00362. The van der Waals surface area contributed by atoms with Crippen LogP contribution in [0.1, 0.15) is 34.8 Å². The molecule has 9 nitrogen and oxygen atoms in total. The van der Waals surface area contributed by atoms with Gasteiger partial charge in [-0.3, -0.25) is 19.4 Å². The summed E-state index contributed by atoms with van der Waals surface area (Å²) in [5.41, 5.74) is 4.12. The van der Waals surface area contributed by atoms with E-state index in [1.54, 1.807) is 23.1 Å². The molecule has 246 valence electrons. The third-order valence-electron chi connectivity index (χ3n) is 7.16. The number of amides is 1. The normalized spacial score (nSPS) is 11.8. The highest BCUT2D eigenvalue weighted by atomic mass is 19.4. The molecular formula is C32H34F5N5O4.